The highest BCUT2D eigenvalue weighted by Crippen LogP contribution is 2.21. The highest BCUT2D eigenvalue weighted by molar-refractivity contribution is 7.91. The van der Waals surface area contributed by atoms with Crippen LogP contribution in [0.1, 0.15) is 50.4 Å². The minimum atomic E-state index is -3.62. The zero-order chi connectivity index (χ0) is 20.2. The summed E-state index contributed by atoms with van der Waals surface area (Å²) in [5.74, 6) is -0.162. The minimum Gasteiger partial charge on any atom is -0.335 e. The monoisotopic (exact) mass is 416 g/mol. The number of sulfone groups is 1. The maximum atomic E-state index is 13.0. The molecule has 1 heterocycles. The molecule has 0 aliphatic carbocycles. The Labute approximate surface area is 162 Å². The molecule has 1 N–H and O–H groups in total. The van der Waals surface area contributed by atoms with E-state index in [2.05, 4.69) is 4.72 Å². The molecule has 2 rings (SSSR count). The van der Waals surface area contributed by atoms with E-state index in [9.17, 15) is 21.6 Å². The number of unbranched alkanes of at least 4 members (excludes halogenated alkanes) is 1. The van der Waals surface area contributed by atoms with Crippen LogP contribution in [0.3, 0.4) is 0 Å². The normalized spacial score (nSPS) is 19.3. The molecule has 1 unspecified atom stereocenters. The minimum absolute atomic E-state index is 0.00672. The van der Waals surface area contributed by atoms with Gasteiger partial charge >= 0.3 is 0 Å². The summed E-state index contributed by atoms with van der Waals surface area (Å²) in [6.07, 6.45) is 2.12. The van der Waals surface area contributed by atoms with Crippen molar-refractivity contribution in [1.82, 2.24) is 9.62 Å². The zero-order valence-electron chi connectivity index (χ0n) is 16.0. The van der Waals surface area contributed by atoms with Gasteiger partial charge in [-0.15, -0.1) is 0 Å². The van der Waals surface area contributed by atoms with Gasteiger partial charge in [-0.05, 0) is 51.0 Å². The number of hydrogen-bond donors (Lipinski definition) is 1. The second-order valence-corrected chi connectivity index (χ2v) is 11.2. The van der Waals surface area contributed by atoms with Crippen molar-refractivity contribution >= 4 is 25.8 Å². The van der Waals surface area contributed by atoms with Crippen LogP contribution in [0.25, 0.3) is 0 Å². The maximum absolute atomic E-state index is 13.0. The molecule has 1 aliphatic rings. The molecule has 0 aromatic heterocycles. The predicted octanol–water partition coefficient (Wildman–Crippen LogP) is 1.80. The summed E-state index contributed by atoms with van der Waals surface area (Å²) in [6, 6.07) is 5.23. The fourth-order valence-electron chi connectivity index (χ4n) is 3.12. The number of carbonyl (C=O) groups is 1. The number of amides is 1. The predicted molar refractivity (Wildman–Crippen MR) is 105 cm³/mol. The Morgan fingerprint density at radius 1 is 1.26 bits per heavy atom. The Balaban J connectivity index is 2.22. The zero-order valence-corrected chi connectivity index (χ0v) is 17.6. The van der Waals surface area contributed by atoms with E-state index in [-0.39, 0.29) is 34.4 Å². The van der Waals surface area contributed by atoms with Gasteiger partial charge in [0.05, 0.1) is 16.4 Å². The van der Waals surface area contributed by atoms with Gasteiger partial charge in [0.25, 0.3) is 5.91 Å². The Kier molecular flexibility index (Phi) is 7.04. The van der Waals surface area contributed by atoms with E-state index in [1.54, 1.807) is 18.7 Å². The van der Waals surface area contributed by atoms with Crippen LogP contribution in [0.5, 0.6) is 0 Å². The lowest BCUT2D eigenvalue weighted by atomic mass is 10.1. The van der Waals surface area contributed by atoms with Crippen LogP contribution < -0.4 is 4.72 Å². The molecule has 27 heavy (non-hydrogen) atoms. The Hall–Kier alpha value is -1.45. The van der Waals surface area contributed by atoms with E-state index < -0.39 is 19.9 Å². The van der Waals surface area contributed by atoms with Crippen molar-refractivity contribution < 1.29 is 21.6 Å². The molecule has 1 atom stereocenters. The van der Waals surface area contributed by atoms with E-state index in [1.165, 1.54) is 24.3 Å². The first-order valence-corrected chi connectivity index (χ1v) is 12.5. The van der Waals surface area contributed by atoms with E-state index in [1.807, 2.05) is 6.92 Å². The molecular weight excluding hydrogens is 388 g/mol. The lowest BCUT2D eigenvalue weighted by Crippen LogP contribution is -2.41. The van der Waals surface area contributed by atoms with Gasteiger partial charge in [0.2, 0.25) is 10.0 Å². The van der Waals surface area contributed by atoms with Gasteiger partial charge in [0, 0.05) is 24.2 Å². The highest BCUT2D eigenvalue weighted by atomic mass is 32.2. The molecule has 0 radical (unpaired) electrons. The second kappa shape index (κ2) is 8.70. The van der Waals surface area contributed by atoms with Gasteiger partial charge in [0.15, 0.2) is 9.84 Å². The topological polar surface area (TPSA) is 101 Å². The maximum Gasteiger partial charge on any atom is 0.254 e. The average Bonchev–Trinajstić information content (AvgIpc) is 2.94. The molecule has 1 aromatic carbocycles. The van der Waals surface area contributed by atoms with E-state index in [0.717, 1.165) is 12.8 Å². The van der Waals surface area contributed by atoms with Gasteiger partial charge < -0.3 is 4.90 Å². The highest BCUT2D eigenvalue weighted by Gasteiger charge is 2.34. The molecular formula is C18H28N2O5S2. The number of hydrogen-bond acceptors (Lipinski definition) is 5. The summed E-state index contributed by atoms with van der Waals surface area (Å²) in [5, 5.41) is 0. The SMILES string of the molecule is CCCCN(C(=O)c1ccc(S(=O)(=O)NC(C)C)cc1)C1CCS(=O)(=O)C1. The average molecular weight is 417 g/mol. The van der Waals surface area contributed by atoms with Gasteiger partial charge in [0.1, 0.15) is 0 Å². The molecule has 0 saturated carbocycles. The summed E-state index contributed by atoms with van der Waals surface area (Å²) >= 11 is 0. The number of benzene rings is 1. The number of rotatable bonds is 8. The van der Waals surface area contributed by atoms with E-state index in [4.69, 9.17) is 0 Å². The van der Waals surface area contributed by atoms with Crippen LogP contribution in [0, 0.1) is 0 Å². The van der Waals surface area contributed by atoms with Crippen LogP contribution in [-0.4, -0.2) is 57.8 Å². The first kappa shape index (κ1) is 21.8. The van der Waals surface area contributed by atoms with Crippen molar-refractivity contribution in [2.75, 3.05) is 18.1 Å². The number of nitrogens with one attached hydrogen (secondary N) is 1. The van der Waals surface area contributed by atoms with Crippen molar-refractivity contribution in [2.45, 2.75) is 57.0 Å². The summed E-state index contributed by atoms with van der Waals surface area (Å²) in [4.78, 5) is 14.7. The Morgan fingerprint density at radius 2 is 1.89 bits per heavy atom. The molecule has 0 spiro atoms. The quantitative estimate of drug-likeness (QED) is 0.696. The smallest absolute Gasteiger partial charge is 0.254 e. The standard InChI is InChI=1S/C18H28N2O5S2/c1-4-5-11-20(16-10-12-26(22,23)13-16)18(21)15-6-8-17(9-7-15)27(24,25)19-14(2)3/h6-9,14,16,19H,4-5,10-13H2,1-3H3. The van der Waals surface area contributed by atoms with E-state index in [0.29, 0.717) is 18.5 Å². The molecule has 0 bridgehead atoms. The van der Waals surface area contributed by atoms with Crippen LogP contribution in [0.4, 0.5) is 0 Å². The first-order valence-electron chi connectivity index (χ1n) is 9.19. The molecule has 9 heteroatoms. The Bertz CT molecular complexity index is 862. The fourth-order valence-corrected chi connectivity index (χ4v) is 6.10. The van der Waals surface area contributed by atoms with Gasteiger partial charge in [-0.25, -0.2) is 21.6 Å². The molecule has 1 aromatic rings. The summed E-state index contributed by atoms with van der Waals surface area (Å²) in [7, 11) is -6.72. The van der Waals surface area contributed by atoms with Crippen LogP contribution in [-0.2, 0) is 19.9 Å². The number of carbonyl (C=O) groups excluding carboxylic acids is 1. The van der Waals surface area contributed by atoms with Gasteiger partial charge in [-0.3, -0.25) is 4.79 Å². The van der Waals surface area contributed by atoms with Gasteiger partial charge in [-0.1, -0.05) is 13.3 Å². The third kappa shape index (κ3) is 5.76. The van der Waals surface area contributed by atoms with Crippen molar-refractivity contribution in [3.8, 4) is 0 Å². The molecule has 1 fully saturated rings. The first-order chi connectivity index (χ1) is 12.6. The fraction of sp³-hybridized carbons (Fsp3) is 0.611. The van der Waals surface area contributed by atoms with Crippen LogP contribution in [0.2, 0.25) is 0 Å². The summed E-state index contributed by atoms with van der Waals surface area (Å²) in [5.41, 5.74) is 0.360. The lowest BCUT2D eigenvalue weighted by Gasteiger charge is -2.28. The van der Waals surface area contributed by atoms with E-state index >= 15 is 0 Å². The number of nitrogens with zero attached hydrogens (tertiary/aromatic N) is 1. The largest absolute Gasteiger partial charge is 0.335 e. The molecule has 152 valence electrons. The van der Waals surface area contributed by atoms with Crippen LogP contribution in [0.15, 0.2) is 29.2 Å². The second-order valence-electron chi connectivity index (χ2n) is 7.21. The van der Waals surface area contributed by atoms with Crippen molar-refractivity contribution in [1.29, 1.82) is 0 Å². The molecule has 1 saturated heterocycles. The molecule has 7 nitrogen and oxygen atoms in total. The molecule has 1 amide bonds. The van der Waals surface area contributed by atoms with Gasteiger partial charge in [-0.2, -0.15) is 0 Å². The molecule has 1 aliphatic heterocycles. The van der Waals surface area contributed by atoms with Crippen LogP contribution >= 0.6 is 0 Å². The third-order valence-electron chi connectivity index (χ3n) is 4.47. The van der Waals surface area contributed by atoms with Crippen molar-refractivity contribution in [3.63, 3.8) is 0 Å². The van der Waals surface area contributed by atoms with Crippen molar-refractivity contribution in [2.24, 2.45) is 0 Å². The third-order valence-corrected chi connectivity index (χ3v) is 7.89. The number of sulfonamides is 1. The summed E-state index contributed by atoms with van der Waals surface area (Å²) < 4.78 is 50.5. The lowest BCUT2D eigenvalue weighted by molar-refractivity contribution is 0.0694. The Morgan fingerprint density at radius 3 is 2.37 bits per heavy atom. The summed E-state index contributed by atoms with van der Waals surface area (Å²) in [6.45, 7) is 5.97. The van der Waals surface area contributed by atoms with Crippen molar-refractivity contribution in [3.05, 3.63) is 29.8 Å².